The number of Topliss-reactive ketones (excluding diaryl/α,β-unsaturated/α-hetero) is 1. The van der Waals surface area contributed by atoms with Gasteiger partial charge in [-0.3, -0.25) is 4.79 Å². The van der Waals surface area contributed by atoms with Crippen LogP contribution in [0.5, 0.6) is 5.75 Å². The van der Waals surface area contributed by atoms with Crippen molar-refractivity contribution in [2.45, 2.75) is 12.8 Å². The lowest BCUT2D eigenvalue weighted by Gasteiger charge is -2.11. The standard InChI is InChI=1S/C12H14Br3NO2/c13-3-1-2-4-18-12-9(14)5-8(6-10(12)15)11(17)7-16/h5-6H,1-4,7,16H2. The van der Waals surface area contributed by atoms with Gasteiger partial charge in [0, 0.05) is 10.9 Å². The van der Waals surface area contributed by atoms with Crippen LogP contribution in [0.15, 0.2) is 21.1 Å². The summed E-state index contributed by atoms with van der Waals surface area (Å²) in [5.41, 5.74) is 5.91. The Morgan fingerprint density at radius 1 is 1.22 bits per heavy atom. The van der Waals surface area contributed by atoms with Crippen molar-refractivity contribution in [1.82, 2.24) is 0 Å². The fourth-order valence-corrected chi connectivity index (χ4v) is 3.16. The summed E-state index contributed by atoms with van der Waals surface area (Å²) in [4.78, 5) is 11.5. The number of hydrogen-bond acceptors (Lipinski definition) is 3. The van der Waals surface area contributed by atoms with Crippen LogP contribution in [0.25, 0.3) is 0 Å². The van der Waals surface area contributed by atoms with E-state index in [0.717, 1.165) is 32.9 Å². The molecule has 0 fully saturated rings. The predicted molar refractivity (Wildman–Crippen MR) is 83.7 cm³/mol. The Balaban J connectivity index is 2.78. The number of unbranched alkanes of at least 4 members (excludes halogenated alkanes) is 1. The average molecular weight is 444 g/mol. The monoisotopic (exact) mass is 441 g/mol. The van der Waals surface area contributed by atoms with Crippen molar-refractivity contribution in [2.24, 2.45) is 5.73 Å². The Bertz CT molecular complexity index is 401. The fraction of sp³-hybridized carbons (Fsp3) is 0.417. The first-order chi connectivity index (χ1) is 8.60. The van der Waals surface area contributed by atoms with Crippen molar-refractivity contribution in [3.63, 3.8) is 0 Å². The number of carbonyl (C=O) groups excluding carboxylic acids is 1. The molecule has 2 N–H and O–H groups in total. The molecule has 0 aliphatic heterocycles. The number of alkyl halides is 1. The molecule has 0 saturated carbocycles. The summed E-state index contributed by atoms with van der Waals surface area (Å²) in [5, 5.41) is 0.975. The zero-order valence-corrected chi connectivity index (χ0v) is 14.5. The van der Waals surface area contributed by atoms with Crippen LogP contribution in [0.4, 0.5) is 0 Å². The average Bonchev–Trinajstić information content (AvgIpc) is 2.35. The lowest BCUT2D eigenvalue weighted by atomic mass is 10.1. The van der Waals surface area contributed by atoms with E-state index in [1.165, 1.54) is 0 Å². The first-order valence-electron chi connectivity index (χ1n) is 5.51. The second kappa shape index (κ2) is 8.30. The van der Waals surface area contributed by atoms with Crippen LogP contribution in [0.2, 0.25) is 0 Å². The summed E-state index contributed by atoms with van der Waals surface area (Å²) in [6, 6.07) is 3.47. The van der Waals surface area contributed by atoms with Crippen molar-refractivity contribution < 1.29 is 9.53 Å². The van der Waals surface area contributed by atoms with E-state index in [1.807, 2.05) is 0 Å². The molecule has 3 nitrogen and oxygen atoms in total. The van der Waals surface area contributed by atoms with Crippen LogP contribution in [-0.2, 0) is 0 Å². The molecular formula is C12H14Br3NO2. The molecule has 0 unspecified atom stereocenters. The fourth-order valence-electron chi connectivity index (χ4n) is 1.35. The second-order valence-corrected chi connectivity index (χ2v) is 6.14. The maximum absolute atomic E-state index is 11.5. The van der Waals surface area contributed by atoms with Gasteiger partial charge >= 0.3 is 0 Å². The van der Waals surface area contributed by atoms with Gasteiger partial charge in [-0.2, -0.15) is 0 Å². The third kappa shape index (κ3) is 4.64. The van der Waals surface area contributed by atoms with Crippen LogP contribution < -0.4 is 10.5 Å². The van der Waals surface area contributed by atoms with Crippen molar-refractivity contribution in [3.8, 4) is 5.75 Å². The lowest BCUT2D eigenvalue weighted by Crippen LogP contribution is -2.13. The summed E-state index contributed by atoms with van der Waals surface area (Å²) in [7, 11) is 0. The number of nitrogens with two attached hydrogens (primary N) is 1. The first-order valence-corrected chi connectivity index (χ1v) is 8.22. The van der Waals surface area contributed by atoms with Gasteiger partial charge in [-0.25, -0.2) is 0 Å². The summed E-state index contributed by atoms with van der Waals surface area (Å²) < 4.78 is 7.19. The van der Waals surface area contributed by atoms with E-state index in [0.29, 0.717) is 12.2 Å². The molecule has 0 radical (unpaired) electrons. The molecule has 0 atom stereocenters. The van der Waals surface area contributed by atoms with Crippen molar-refractivity contribution in [2.75, 3.05) is 18.5 Å². The van der Waals surface area contributed by atoms with E-state index in [-0.39, 0.29) is 12.3 Å². The number of ether oxygens (including phenoxy) is 1. The van der Waals surface area contributed by atoms with E-state index in [9.17, 15) is 4.79 Å². The van der Waals surface area contributed by atoms with Gasteiger partial charge < -0.3 is 10.5 Å². The molecule has 0 saturated heterocycles. The largest absolute Gasteiger partial charge is 0.491 e. The minimum absolute atomic E-state index is 0.00430. The second-order valence-electron chi connectivity index (χ2n) is 3.64. The highest BCUT2D eigenvalue weighted by molar-refractivity contribution is 9.11. The van der Waals surface area contributed by atoms with E-state index < -0.39 is 0 Å². The Morgan fingerprint density at radius 2 is 1.83 bits per heavy atom. The molecule has 1 rings (SSSR count). The third-order valence-electron chi connectivity index (χ3n) is 2.28. The molecule has 0 aromatic heterocycles. The smallest absolute Gasteiger partial charge is 0.176 e. The van der Waals surface area contributed by atoms with Gasteiger partial charge in [0.1, 0.15) is 5.75 Å². The van der Waals surface area contributed by atoms with Crippen molar-refractivity contribution >= 4 is 53.6 Å². The molecule has 1 aromatic carbocycles. The highest BCUT2D eigenvalue weighted by atomic mass is 79.9. The minimum atomic E-state index is -0.0951. The SMILES string of the molecule is NCC(=O)c1cc(Br)c(OCCCCBr)c(Br)c1. The third-order valence-corrected chi connectivity index (χ3v) is 4.02. The lowest BCUT2D eigenvalue weighted by molar-refractivity contribution is 0.100. The van der Waals surface area contributed by atoms with E-state index in [1.54, 1.807) is 12.1 Å². The molecule has 0 spiro atoms. The van der Waals surface area contributed by atoms with Crippen molar-refractivity contribution in [1.29, 1.82) is 0 Å². The highest BCUT2D eigenvalue weighted by Crippen LogP contribution is 2.35. The molecule has 0 bridgehead atoms. The molecule has 18 heavy (non-hydrogen) atoms. The van der Waals surface area contributed by atoms with Gasteiger partial charge in [0.15, 0.2) is 5.78 Å². The van der Waals surface area contributed by atoms with Crippen LogP contribution in [-0.4, -0.2) is 24.3 Å². The first kappa shape index (κ1) is 16.1. The molecule has 1 aromatic rings. The Kier molecular flexibility index (Phi) is 7.44. The number of halogens is 3. The molecule has 0 aliphatic rings. The number of ketones is 1. The number of benzene rings is 1. The quantitative estimate of drug-likeness (QED) is 0.395. The zero-order chi connectivity index (χ0) is 13.5. The van der Waals surface area contributed by atoms with Gasteiger partial charge in [-0.05, 0) is 56.8 Å². The zero-order valence-electron chi connectivity index (χ0n) is 9.72. The molecular weight excluding hydrogens is 430 g/mol. The topological polar surface area (TPSA) is 52.3 Å². The molecule has 100 valence electrons. The summed E-state index contributed by atoms with van der Waals surface area (Å²) in [6.07, 6.45) is 2.05. The Labute approximate surface area is 132 Å². The number of hydrogen-bond donors (Lipinski definition) is 1. The Hall–Kier alpha value is 0.0900. The van der Waals surface area contributed by atoms with Crippen LogP contribution >= 0.6 is 47.8 Å². The van der Waals surface area contributed by atoms with E-state index >= 15 is 0 Å². The Morgan fingerprint density at radius 3 is 2.33 bits per heavy atom. The molecule has 6 heteroatoms. The van der Waals surface area contributed by atoms with Crippen LogP contribution in [0.3, 0.4) is 0 Å². The summed E-state index contributed by atoms with van der Waals surface area (Å²) >= 11 is 10.2. The molecule has 0 aliphatic carbocycles. The number of rotatable bonds is 7. The molecule has 0 heterocycles. The van der Waals surface area contributed by atoms with Gasteiger partial charge in [0.2, 0.25) is 0 Å². The number of carbonyl (C=O) groups is 1. The summed E-state index contributed by atoms with van der Waals surface area (Å²) in [5.74, 6) is 0.625. The predicted octanol–water partition coefficient (Wildman–Crippen LogP) is 3.91. The van der Waals surface area contributed by atoms with Gasteiger partial charge in [-0.15, -0.1) is 0 Å². The van der Waals surface area contributed by atoms with Crippen LogP contribution in [0.1, 0.15) is 23.2 Å². The minimum Gasteiger partial charge on any atom is -0.491 e. The van der Waals surface area contributed by atoms with Gasteiger partial charge in [-0.1, -0.05) is 15.9 Å². The summed E-state index contributed by atoms with van der Waals surface area (Å²) in [6.45, 7) is 0.650. The van der Waals surface area contributed by atoms with Crippen molar-refractivity contribution in [3.05, 3.63) is 26.6 Å². The normalized spacial score (nSPS) is 10.4. The maximum Gasteiger partial charge on any atom is 0.176 e. The van der Waals surface area contributed by atoms with E-state index in [2.05, 4.69) is 47.8 Å². The van der Waals surface area contributed by atoms with Gasteiger partial charge in [0.25, 0.3) is 0 Å². The van der Waals surface area contributed by atoms with E-state index in [4.69, 9.17) is 10.5 Å². The maximum atomic E-state index is 11.5. The molecule has 0 amide bonds. The van der Waals surface area contributed by atoms with Crippen LogP contribution in [0, 0.1) is 0 Å². The van der Waals surface area contributed by atoms with Gasteiger partial charge in [0.05, 0.1) is 22.1 Å². The highest BCUT2D eigenvalue weighted by Gasteiger charge is 2.12.